The van der Waals surface area contributed by atoms with Gasteiger partial charge in [0.2, 0.25) is 0 Å². The summed E-state index contributed by atoms with van der Waals surface area (Å²) in [5.41, 5.74) is -0.579. The standard InChI is InChI=1S/C8H9BrO2/c9-6-3-5-1-2-8(6,4-5)7(10)11/h1-2,5-6H,3-4H2,(H,10,11). The number of rotatable bonds is 1. The minimum absolute atomic E-state index is 0.141. The molecule has 1 saturated carbocycles. The summed E-state index contributed by atoms with van der Waals surface area (Å²) in [5.74, 6) is -0.189. The van der Waals surface area contributed by atoms with Gasteiger partial charge < -0.3 is 5.11 Å². The van der Waals surface area contributed by atoms with Crippen LogP contribution in [0.25, 0.3) is 0 Å². The van der Waals surface area contributed by atoms with Gasteiger partial charge in [-0.1, -0.05) is 28.1 Å². The first-order chi connectivity index (χ1) is 5.15. The van der Waals surface area contributed by atoms with Gasteiger partial charge in [0, 0.05) is 4.83 Å². The minimum atomic E-state index is -0.685. The van der Waals surface area contributed by atoms with Crippen molar-refractivity contribution in [1.29, 1.82) is 0 Å². The van der Waals surface area contributed by atoms with Crippen molar-refractivity contribution in [2.75, 3.05) is 0 Å². The summed E-state index contributed by atoms with van der Waals surface area (Å²) in [7, 11) is 0. The maximum Gasteiger partial charge on any atom is 0.314 e. The zero-order chi connectivity index (χ0) is 8.06. The number of hydrogen-bond donors (Lipinski definition) is 1. The molecule has 11 heavy (non-hydrogen) atoms. The Balaban J connectivity index is 2.38. The fourth-order valence-corrected chi connectivity index (χ4v) is 3.06. The molecule has 2 nitrogen and oxygen atoms in total. The maximum absolute atomic E-state index is 10.9. The lowest BCUT2D eigenvalue weighted by atomic mass is 9.88. The molecule has 3 atom stereocenters. The summed E-state index contributed by atoms with van der Waals surface area (Å²) in [5, 5.41) is 8.98. The normalized spacial score (nSPS) is 46.6. The average Bonchev–Trinajstić information content (AvgIpc) is 2.43. The second kappa shape index (κ2) is 2.09. The molecule has 1 N–H and O–H groups in total. The van der Waals surface area contributed by atoms with E-state index in [4.69, 9.17) is 5.11 Å². The predicted molar refractivity (Wildman–Crippen MR) is 44.6 cm³/mol. The van der Waals surface area contributed by atoms with E-state index < -0.39 is 11.4 Å². The van der Waals surface area contributed by atoms with Crippen molar-refractivity contribution < 1.29 is 9.90 Å². The van der Waals surface area contributed by atoms with Crippen LogP contribution in [0.1, 0.15) is 12.8 Å². The zero-order valence-electron chi connectivity index (χ0n) is 5.96. The number of carbonyl (C=O) groups is 1. The minimum Gasteiger partial charge on any atom is -0.481 e. The van der Waals surface area contributed by atoms with E-state index in [0.29, 0.717) is 5.92 Å². The van der Waals surface area contributed by atoms with Gasteiger partial charge in [0.05, 0.1) is 5.41 Å². The lowest BCUT2D eigenvalue weighted by Gasteiger charge is -2.22. The molecule has 3 unspecified atom stereocenters. The first-order valence-electron chi connectivity index (χ1n) is 3.72. The molecule has 0 amide bonds. The average molecular weight is 217 g/mol. The molecule has 0 aliphatic heterocycles. The predicted octanol–water partition coefficient (Wildman–Crippen LogP) is 1.80. The van der Waals surface area contributed by atoms with Crippen LogP contribution < -0.4 is 0 Å². The molecule has 60 valence electrons. The molecule has 3 heteroatoms. The van der Waals surface area contributed by atoms with Crippen LogP contribution in [-0.4, -0.2) is 15.9 Å². The van der Waals surface area contributed by atoms with Crippen molar-refractivity contribution >= 4 is 21.9 Å². The fourth-order valence-electron chi connectivity index (χ4n) is 2.04. The zero-order valence-corrected chi connectivity index (χ0v) is 7.54. The fraction of sp³-hybridized carbons (Fsp3) is 0.625. The third-order valence-electron chi connectivity index (χ3n) is 2.73. The Hall–Kier alpha value is -0.310. The number of aliphatic carboxylic acids is 1. The summed E-state index contributed by atoms with van der Waals surface area (Å²) in [6, 6.07) is 0. The highest BCUT2D eigenvalue weighted by Crippen LogP contribution is 2.52. The van der Waals surface area contributed by atoms with Crippen LogP contribution in [0.15, 0.2) is 12.2 Å². The number of alkyl halides is 1. The first-order valence-corrected chi connectivity index (χ1v) is 4.63. The second-order valence-corrected chi connectivity index (χ2v) is 4.48. The van der Waals surface area contributed by atoms with Gasteiger partial charge in [0.25, 0.3) is 0 Å². The van der Waals surface area contributed by atoms with Crippen LogP contribution >= 0.6 is 15.9 Å². The van der Waals surface area contributed by atoms with Gasteiger partial charge in [-0.3, -0.25) is 4.79 Å². The Morgan fingerprint density at radius 2 is 2.45 bits per heavy atom. The molecule has 0 saturated heterocycles. The largest absolute Gasteiger partial charge is 0.481 e. The van der Waals surface area contributed by atoms with Crippen molar-refractivity contribution in [2.45, 2.75) is 17.7 Å². The molecule has 2 rings (SSSR count). The summed E-state index contributed by atoms with van der Waals surface area (Å²) in [6.45, 7) is 0. The van der Waals surface area contributed by atoms with Gasteiger partial charge in [-0.15, -0.1) is 0 Å². The molecular formula is C8H9BrO2. The van der Waals surface area contributed by atoms with E-state index >= 15 is 0 Å². The van der Waals surface area contributed by atoms with Crippen molar-refractivity contribution in [2.24, 2.45) is 11.3 Å². The Bertz CT molecular complexity index is 236. The van der Waals surface area contributed by atoms with E-state index in [0.717, 1.165) is 12.8 Å². The van der Waals surface area contributed by atoms with Crippen LogP contribution in [0.5, 0.6) is 0 Å². The molecule has 2 aliphatic carbocycles. The topological polar surface area (TPSA) is 37.3 Å². The summed E-state index contributed by atoms with van der Waals surface area (Å²) < 4.78 is 0. The molecule has 0 aromatic carbocycles. The van der Waals surface area contributed by atoms with E-state index in [1.807, 2.05) is 12.2 Å². The molecule has 1 fully saturated rings. The Kier molecular flexibility index (Phi) is 1.40. The van der Waals surface area contributed by atoms with Crippen molar-refractivity contribution in [1.82, 2.24) is 0 Å². The SMILES string of the molecule is O=C(O)C12C=CC(CC1Br)C2. The highest BCUT2D eigenvalue weighted by Gasteiger charge is 2.52. The lowest BCUT2D eigenvalue weighted by Crippen LogP contribution is -2.32. The molecule has 0 radical (unpaired) electrons. The van der Waals surface area contributed by atoms with E-state index in [-0.39, 0.29) is 4.83 Å². The molecule has 0 spiro atoms. The summed E-state index contributed by atoms with van der Waals surface area (Å²) >= 11 is 3.42. The quantitative estimate of drug-likeness (QED) is 0.537. The van der Waals surface area contributed by atoms with E-state index in [2.05, 4.69) is 15.9 Å². The van der Waals surface area contributed by atoms with E-state index in [1.165, 1.54) is 0 Å². The highest BCUT2D eigenvalue weighted by molar-refractivity contribution is 9.09. The number of fused-ring (bicyclic) bond motifs is 2. The summed E-state index contributed by atoms with van der Waals surface area (Å²) in [6.07, 6.45) is 5.65. The highest BCUT2D eigenvalue weighted by atomic mass is 79.9. The Morgan fingerprint density at radius 3 is 2.73 bits per heavy atom. The van der Waals surface area contributed by atoms with Gasteiger partial charge >= 0.3 is 5.97 Å². The Labute approximate surface area is 73.4 Å². The van der Waals surface area contributed by atoms with E-state index in [1.54, 1.807) is 0 Å². The van der Waals surface area contributed by atoms with Crippen LogP contribution in [-0.2, 0) is 4.79 Å². The van der Waals surface area contributed by atoms with Crippen molar-refractivity contribution in [3.8, 4) is 0 Å². The monoisotopic (exact) mass is 216 g/mol. The van der Waals surface area contributed by atoms with Crippen LogP contribution in [0, 0.1) is 11.3 Å². The first kappa shape index (κ1) is 7.35. The molecule has 2 bridgehead atoms. The number of carboxylic acid groups (broad SMARTS) is 1. The smallest absolute Gasteiger partial charge is 0.314 e. The third kappa shape index (κ3) is 0.804. The lowest BCUT2D eigenvalue weighted by molar-refractivity contribution is -0.145. The molecule has 0 aromatic heterocycles. The molecule has 0 heterocycles. The van der Waals surface area contributed by atoms with E-state index in [9.17, 15) is 4.79 Å². The van der Waals surface area contributed by atoms with Crippen LogP contribution in [0.3, 0.4) is 0 Å². The van der Waals surface area contributed by atoms with Crippen molar-refractivity contribution in [3.63, 3.8) is 0 Å². The number of halogens is 1. The number of hydrogen-bond acceptors (Lipinski definition) is 1. The van der Waals surface area contributed by atoms with Crippen LogP contribution in [0.4, 0.5) is 0 Å². The van der Waals surface area contributed by atoms with Crippen molar-refractivity contribution in [3.05, 3.63) is 12.2 Å². The van der Waals surface area contributed by atoms with Gasteiger partial charge in [-0.2, -0.15) is 0 Å². The Morgan fingerprint density at radius 1 is 1.73 bits per heavy atom. The molecule has 2 aliphatic rings. The van der Waals surface area contributed by atoms with Gasteiger partial charge in [-0.25, -0.2) is 0 Å². The maximum atomic E-state index is 10.9. The number of carboxylic acids is 1. The third-order valence-corrected chi connectivity index (χ3v) is 3.92. The molecule has 0 aromatic rings. The van der Waals surface area contributed by atoms with Gasteiger partial charge in [-0.05, 0) is 18.8 Å². The van der Waals surface area contributed by atoms with Gasteiger partial charge in [0.15, 0.2) is 0 Å². The van der Waals surface area contributed by atoms with Gasteiger partial charge in [0.1, 0.15) is 0 Å². The second-order valence-electron chi connectivity index (χ2n) is 3.37. The molecular weight excluding hydrogens is 208 g/mol. The summed E-state index contributed by atoms with van der Waals surface area (Å²) in [4.78, 5) is 11.1. The number of allylic oxidation sites excluding steroid dienone is 1. The van der Waals surface area contributed by atoms with Crippen LogP contribution in [0.2, 0.25) is 0 Å².